The maximum atomic E-state index is 12.3. The summed E-state index contributed by atoms with van der Waals surface area (Å²) in [5.74, 6) is 0. The molecule has 7 heteroatoms. The van der Waals surface area contributed by atoms with Crippen LogP contribution in [0.1, 0.15) is 45.4 Å². The summed E-state index contributed by atoms with van der Waals surface area (Å²) in [6.07, 6.45) is 0.738. The van der Waals surface area contributed by atoms with Crippen LogP contribution < -0.4 is 10.0 Å². The van der Waals surface area contributed by atoms with Gasteiger partial charge in [-0.15, -0.1) is 0 Å². The van der Waals surface area contributed by atoms with E-state index in [-0.39, 0.29) is 17.1 Å². The van der Waals surface area contributed by atoms with Crippen LogP contribution in [0, 0.1) is 6.92 Å². The molecule has 1 heterocycles. The summed E-state index contributed by atoms with van der Waals surface area (Å²) in [7, 11) is -3.56. The molecule has 110 valence electrons. The smallest absolute Gasteiger partial charge is 0.260 e. The molecule has 0 spiro atoms. The number of H-pyrrole nitrogens is 1. The summed E-state index contributed by atoms with van der Waals surface area (Å²) in [5, 5.41) is 10.00. The lowest BCUT2D eigenvalue weighted by Gasteiger charge is -2.13. The Labute approximate surface area is 115 Å². The van der Waals surface area contributed by atoms with Gasteiger partial charge in [0.1, 0.15) is 0 Å². The minimum Gasteiger partial charge on any atom is -0.310 e. The lowest BCUT2D eigenvalue weighted by Crippen LogP contribution is -2.33. The van der Waals surface area contributed by atoms with Gasteiger partial charge in [-0.2, -0.15) is 5.10 Å². The molecule has 0 fully saturated rings. The first-order chi connectivity index (χ1) is 8.77. The summed E-state index contributed by atoms with van der Waals surface area (Å²) in [4.78, 5) is 0. The highest BCUT2D eigenvalue weighted by Crippen LogP contribution is 2.16. The highest BCUT2D eigenvalue weighted by Gasteiger charge is 2.24. The molecule has 1 aromatic rings. The van der Waals surface area contributed by atoms with Crippen molar-refractivity contribution in [1.82, 2.24) is 20.2 Å². The van der Waals surface area contributed by atoms with Crippen molar-refractivity contribution >= 4 is 10.0 Å². The van der Waals surface area contributed by atoms with Crippen LogP contribution >= 0.6 is 0 Å². The van der Waals surface area contributed by atoms with Gasteiger partial charge in [0.05, 0.1) is 0 Å². The molecular weight excluding hydrogens is 264 g/mol. The Morgan fingerprint density at radius 2 is 1.95 bits per heavy atom. The molecule has 0 saturated heterocycles. The lowest BCUT2D eigenvalue weighted by molar-refractivity contribution is 0.545. The zero-order valence-electron chi connectivity index (χ0n) is 12.2. The van der Waals surface area contributed by atoms with Crippen molar-refractivity contribution in [1.29, 1.82) is 0 Å². The predicted octanol–water partition coefficient (Wildman–Crippen LogP) is 1.29. The molecule has 1 rings (SSSR count). The average molecular weight is 288 g/mol. The van der Waals surface area contributed by atoms with Crippen LogP contribution in [0.2, 0.25) is 0 Å². The van der Waals surface area contributed by atoms with E-state index in [1.165, 1.54) is 0 Å². The zero-order valence-corrected chi connectivity index (χ0v) is 13.1. The minimum absolute atomic E-state index is 0.0958. The van der Waals surface area contributed by atoms with Crippen molar-refractivity contribution in [2.24, 2.45) is 0 Å². The molecule has 19 heavy (non-hydrogen) atoms. The summed E-state index contributed by atoms with van der Waals surface area (Å²) in [6, 6.07) is 0.181. The van der Waals surface area contributed by atoms with Crippen LogP contribution in [0.5, 0.6) is 0 Å². The van der Waals surface area contributed by atoms with E-state index in [2.05, 4.69) is 20.2 Å². The normalized spacial score (nSPS) is 14.0. The molecule has 0 bridgehead atoms. The Morgan fingerprint density at radius 3 is 2.47 bits per heavy atom. The van der Waals surface area contributed by atoms with Crippen LogP contribution in [0.15, 0.2) is 5.03 Å². The van der Waals surface area contributed by atoms with Gasteiger partial charge in [0.25, 0.3) is 10.0 Å². The number of hydrogen-bond donors (Lipinski definition) is 3. The Hall–Kier alpha value is -0.920. The Kier molecular flexibility index (Phi) is 5.51. The van der Waals surface area contributed by atoms with Crippen molar-refractivity contribution in [3.05, 3.63) is 11.3 Å². The summed E-state index contributed by atoms with van der Waals surface area (Å²) < 4.78 is 27.1. The van der Waals surface area contributed by atoms with Gasteiger partial charge < -0.3 is 5.32 Å². The summed E-state index contributed by atoms with van der Waals surface area (Å²) in [6.45, 7) is 10.1. The van der Waals surface area contributed by atoms with Gasteiger partial charge in [0.15, 0.2) is 5.03 Å². The first-order valence-electron chi connectivity index (χ1n) is 6.57. The van der Waals surface area contributed by atoms with Gasteiger partial charge in [-0.3, -0.25) is 5.10 Å². The standard InChI is InChI=1S/C12H24N4O2S/c1-6-9(4)16-19(17,18)12-11(7-13-8(2)3)10(5)14-15-12/h8-9,13,16H,6-7H2,1-5H3,(H,14,15). The number of aromatic nitrogens is 2. The van der Waals surface area contributed by atoms with Gasteiger partial charge in [-0.05, 0) is 20.3 Å². The Morgan fingerprint density at radius 1 is 1.32 bits per heavy atom. The second-order valence-corrected chi connectivity index (χ2v) is 6.73. The van der Waals surface area contributed by atoms with E-state index in [9.17, 15) is 8.42 Å². The molecule has 0 saturated carbocycles. The molecule has 0 radical (unpaired) electrons. The second-order valence-electron chi connectivity index (χ2n) is 5.10. The van der Waals surface area contributed by atoms with E-state index in [4.69, 9.17) is 0 Å². The number of nitrogens with zero attached hydrogens (tertiary/aromatic N) is 1. The third kappa shape index (κ3) is 4.29. The number of aryl methyl sites for hydroxylation is 1. The summed E-state index contributed by atoms with van der Waals surface area (Å²) >= 11 is 0. The molecule has 0 amide bonds. The van der Waals surface area contributed by atoms with Gasteiger partial charge >= 0.3 is 0 Å². The monoisotopic (exact) mass is 288 g/mol. The van der Waals surface area contributed by atoms with Crippen molar-refractivity contribution in [2.45, 2.75) is 64.7 Å². The lowest BCUT2D eigenvalue weighted by atomic mass is 10.2. The fraction of sp³-hybridized carbons (Fsp3) is 0.750. The fourth-order valence-electron chi connectivity index (χ4n) is 1.57. The molecule has 0 aliphatic heterocycles. The molecule has 1 atom stereocenters. The van der Waals surface area contributed by atoms with Gasteiger partial charge in [0, 0.05) is 29.9 Å². The third-order valence-electron chi connectivity index (χ3n) is 2.95. The van der Waals surface area contributed by atoms with E-state index < -0.39 is 10.0 Å². The maximum absolute atomic E-state index is 12.3. The SMILES string of the molecule is CCC(C)NS(=O)(=O)c1n[nH]c(C)c1CNC(C)C. The molecule has 3 N–H and O–H groups in total. The number of rotatable bonds is 7. The first kappa shape index (κ1) is 16.1. The molecule has 0 aromatic carbocycles. The fourth-order valence-corrected chi connectivity index (χ4v) is 3.09. The van der Waals surface area contributed by atoms with Crippen LogP contribution in [-0.4, -0.2) is 30.7 Å². The maximum Gasteiger partial charge on any atom is 0.260 e. The van der Waals surface area contributed by atoms with E-state index in [1.807, 2.05) is 34.6 Å². The minimum atomic E-state index is -3.56. The Bertz CT molecular complexity index is 508. The van der Waals surface area contributed by atoms with Crippen LogP contribution in [0.4, 0.5) is 0 Å². The van der Waals surface area contributed by atoms with Gasteiger partial charge in [0.2, 0.25) is 0 Å². The average Bonchev–Trinajstić information content (AvgIpc) is 2.68. The van der Waals surface area contributed by atoms with Gasteiger partial charge in [-0.25, -0.2) is 13.1 Å². The van der Waals surface area contributed by atoms with Crippen molar-refractivity contribution < 1.29 is 8.42 Å². The van der Waals surface area contributed by atoms with Crippen molar-refractivity contribution in [3.8, 4) is 0 Å². The number of sulfonamides is 1. The van der Waals surface area contributed by atoms with Crippen LogP contribution in [-0.2, 0) is 16.6 Å². The van der Waals surface area contributed by atoms with Crippen LogP contribution in [0.3, 0.4) is 0 Å². The van der Waals surface area contributed by atoms with E-state index in [0.29, 0.717) is 12.1 Å². The molecular formula is C12H24N4O2S. The van der Waals surface area contributed by atoms with Crippen LogP contribution in [0.25, 0.3) is 0 Å². The quantitative estimate of drug-likeness (QED) is 0.705. The van der Waals surface area contributed by atoms with E-state index in [1.54, 1.807) is 0 Å². The molecule has 1 unspecified atom stereocenters. The second kappa shape index (κ2) is 6.49. The van der Waals surface area contributed by atoms with Crippen molar-refractivity contribution in [2.75, 3.05) is 0 Å². The highest BCUT2D eigenvalue weighted by atomic mass is 32.2. The Balaban J connectivity index is 3.00. The zero-order chi connectivity index (χ0) is 14.6. The highest BCUT2D eigenvalue weighted by molar-refractivity contribution is 7.89. The first-order valence-corrected chi connectivity index (χ1v) is 8.05. The van der Waals surface area contributed by atoms with E-state index in [0.717, 1.165) is 12.1 Å². The van der Waals surface area contributed by atoms with Crippen molar-refractivity contribution in [3.63, 3.8) is 0 Å². The number of nitrogens with one attached hydrogen (secondary N) is 3. The number of hydrogen-bond acceptors (Lipinski definition) is 4. The molecule has 1 aromatic heterocycles. The van der Waals surface area contributed by atoms with Gasteiger partial charge in [-0.1, -0.05) is 20.8 Å². The number of aromatic amines is 1. The topological polar surface area (TPSA) is 86.9 Å². The molecule has 0 aliphatic carbocycles. The predicted molar refractivity (Wildman–Crippen MR) is 75.4 cm³/mol. The van der Waals surface area contributed by atoms with E-state index >= 15 is 0 Å². The third-order valence-corrected chi connectivity index (χ3v) is 4.51. The molecule has 6 nitrogen and oxygen atoms in total. The largest absolute Gasteiger partial charge is 0.310 e. The molecule has 0 aliphatic rings. The summed E-state index contributed by atoms with van der Waals surface area (Å²) in [5.41, 5.74) is 1.47.